The predicted molar refractivity (Wildman–Crippen MR) is 53.8 cm³/mol. The summed E-state index contributed by atoms with van der Waals surface area (Å²) in [6, 6.07) is 3.84. The van der Waals surface area contributed by atoms with Crippen molar-refractivity contribution in [3.63, 3.8) is 0 Å². The molecular weight excluding hydrogens is 185 g/mol. The van der Waals surface area contributed by atoms with Crippen LogP contribution in [0.25, 0.3) is 0 Å². The monoisotopic (exact) mass is 199 g/mol. The SMILES string of the molecule is FC(c1cccs1)C1CCCCN1. The van der Waals surface area contributed by atoms with E-state index in [9.17, 15) is 4.39 Å². The molecule has 2 heterocycles. The van der Waals surface area contributed by atoms with E-state index in [-0.39, 0.29) is 6.04 Å². The van der Waals surface area contributed by atoms with Gasteiger partial charge >= 0.3 is 0 Å². The molecule has 0 amide bonds. The molecule has 0 saturated carbocycles. The molecular formula is C10H14FNS. The molecule has 1 fully saturated rings. The fraction of sp³-hybridized carbons (Fsp3) is 0.600. The van der Waals surface area contributed by atoms with Gasteiger partial charge in [0.1, 0.15) is 6.17 Å². The average Bonchev–Trinajstić information content (AvgIpc) is 2.71. The zero-order valence-electron chi connectivity index (χ0n) is 7.50. The van der Waals surface area contributed by atoms with Crippen LogP contribution >= 0.6 is 11.3 Å². The van der Waals surface area contributed by atoms with Gasteiger partial charge in [-0.25, -0.2) is 4.39 Å². The van der Waals surface area contributed by atoms with E-state index < -0.39 is 6.17 Å². The lowest BCUT2D eigenvalue weighted by Crippen LogP contribution is -2.37. The van der Waals surface area contributed by atoms with Gasteiger partial charge in [-0.1, -0.05) is 12.5 Å². The van der Waals surface area contributed by atoms with Crippen LogP contribution in [0.4, 0.5) is 4.39 Å². The van der Waals surface area contributed by atoms with Gasteiger partial charge in [0.2, 0.25) is 0 Å². The molecule has 1 aromatic heterocycles. The van der Waals surface area contributed by atoms with Crippen molar-refractivity contribution in [3.8, 4) is 0 Å². The molecule has 3 heteroatoms. The van der Waals surface area contributed by atoms with Gasteiger partial charge < -0.3 is 5.32 Å². The second kappa shape index (κ2) is 4.20. The highest BCUT2D eigenvalue weighted by Crippen LogP contribution is 2.29. The molecule has 72 valence electrons. The smallest absolute Gasteiger partial charge is 0.149 e. The maximum Gasteiger partial charge on any atom is 0.149 e. The number of thiophene rings is 1. The second-order valence-corrected chi connectivity index (χ2v) is 4.45. The first-order chi connectivity index (χ1) is 6.38. The summed E-state index contributed by atoms with van der Waals surface area (Å²) in [5.41, 5.74) is 0. The molecule has 1 aliphatic rings. The Morgan fingerprint density at radius 2 is 2.46 bits per heavy atom. The third kappa shape index (κ3) is 2.09. The van der Waals surface area contributed by atoms with Crippen LogP contribution in [0.1, 0.15) is 30.3 Å². The van der Waals surface area contributed by atoms with Crippen LogP contribution in [0.15, 0.2) is 17.5 Å². The Morgan fingerprint density at radius 1 is 1.54 bits per heavy atom. The molecule has 0 radical (unpaired) electrons. The number of hydrogen-bond donors (Lipinski definition) is 1. The minimum absolute atomic E-state index is 0.0485. The molecule has 13 heavy (non-hydrogen) atoms. The summed E-state index contributed by atoms with van der Waals surface area (Å²) in [6.45, 7) is 0.969. The highest BCUT2D eigenvalue weighted by molar-refractivity contribution is 7.10. The first kappa shape index (κ1) is 9.16. The van der Waals surface area contributed by atoms with Crippen LogP contribution in [-0.4, -0.2) is 12.6 Å². The van der Waals surface area contributed by atoms with Crippen molar-refractivity contribution in [2.75, 3.05) is 6.54 Å². The Labute approximate surface area is 82.0 Å². The fourth-order valence-electron chi connectivity index (χ4n) is 1.78. The van der Waals surface area contributed by atoms with Gasteiger partial charge in [0.15, 0.2) is 0 Å². The summed E-state index contributed by atoms with van der Waals surface area (Å²) >= 11 is 1.51. The molecule has 0 spiro atoms. The van der Waals surface area contributed by atoms with Gasteiger partial charge in [-0.3, -0.25) is 0 Å². The first-order valence-corrected chi connectivity index (χ1v) is 5.67. The van der Waals surface area contributed by atoms with E-state index in [1.807, 2.05) is 17.5 Å². The topological polar surface area (TPSA) is 12.0 Å². The van der Waals surface area contributed by atoms with E-state index in [1.165, 1.54) is 17.8 Å². The first-order valence-electron chi connectivity index (χ1n) is 4.79. The molecule has 2 unspecified atom stereocenters. The highest BCUT2D eigenvalue weighted by atomic mass is 32.1. The van der Waals surface area contributed by atoms with Gasteiger partial charge in [0.05, 0.1) is 0 Å². The Morgan fingerprint density at radius 3 is 3.08 bits per heavy atom. The van der Waals surface area contributed by atoms with E-state index >= 15 is 0 Å². The molecule has 0 aromatic carbocycles. The van der Waals surface area contributed by atoms with Crippen molar-refractivity contribution >= 4 is 11.3 Å². The number of halogens is 1. The Kier molecular flexibility index (Phi) is 2.96. The minimum Gasteiger partial charge on any atom is -0.311 e. The van der Waals surface area contributed by atoms with Crippen molar-refractivity contribution in [2.24, 2.45) is 0 Å². The van der Waals surface area contributed by atoms with Crippen LogP contribution in [0, 0.1) is 0 Å². The molecule has 0 bridgehead atoms. The van der Waals surface area contributed by atoms with Crippen LogP contribution in [-0.2, 0) is 0 Å². The van der Waals surface area contributed by atoms with Crippen molar-refractivity contribution in [2.45, 2.75) is 31.5 Å². The number of alkyl halides is 1. The van der Waals surface area contributed by atoms with Crippen LogP contribution < -0.4 is 5.32 Å². The lowest BCUT2D eigenvalue weighted by Gasteiger charge is -2.25. The maximum absolute atomic E-state index is 13.8. The van der Waals surface area contributed by atoms with E-state index in [0.29, 0.717) is 0 Å². The zero-order valence-corrected chi connectivity index (χ0v) is 8.32. The predicted octanol–water partition coefficient (Wildman–Crippen LogP) is 2.90. The molecule has 0 aliphatic carbocycles. The molecule has 1 saturated heterocycles. The number of piperidine rings is 1. The Bertz CT molecular complexity index is 241. The van der Waals surface area contributed by atoms with Crippen LogP contribution in [0.2, 0.25) is 0 Å². The summed E-state index contributed by atoms with van der Waals surface area (Å²) in [4.78, 5) is 0.861. The van der Waals surface area contributed by atoms with Gasteiger partial charge in [-0.15, -0.1) is 11.3 Å². The average molecular weight is 199 g/mol. The highest BCUT2D eigenvalue weighted by Gasteiger charge is 2.24. The van der Waals surface area contributed by atoms with Crippen molar-refractivity contribution < 1.29 is 4.39 Å². The van der Waals surface area contributed by atoms with E-state index in [2.05, 4.69) is 5.32 Å². The number of hydrogen-bond acceptors (Lipinski definition) is 2. The Hall–Kier alpha value is -0.410. The third-order valence-corrected chi connectivity index (χ3v) is 3.44. The molecule has 1 aliphatic heterocycles. The third-order valence-electron chi connectivity index (χ3n) is 2.52. The molecule has 2 rings (SSSR count). The maximum atomic E-state index is 13.8. The van der Waals surface area contributed by atoms with Gasteiger partial charge in [-0.2, -0.15) is 0 Å². The standard InChI is InChI=1S/C10H14FNS/c11-10(9-5-3-7-13-9)8-4-1-2-6-12-8/h3,5,7-8,10,12H,1-2,4,6H2. The van der Waals surface area contributed by atoms with Crippen LogP contribution in [0.3, 0.4) is 0 Å². The minimum atomic E-state index is -0.805. The normalized spacial score (nSPS) is 25.8. The number of rotatable bonds is 2. The van der Waals surface area contributed by atoms with Gasteiger partial charge in [-0.05, 0) is 30.8 Å². The van der Waals surface area contributed by atoms with Crippen LogP contribution in [0.5, 0.6) is 0 Å². The van der Waals surface area contributed by atoms with Gasteiger partial charge in [0.25, 0.3) is 0 Å². The van der Waals surface area contributed by atoms with Crippen molar-refractivity contribution in [1.29, 1.82) is 0 Å². The van der Waals surface area contributed by atoms with E-state index in [0.717, 1.165) is 24.3 Å². The molecule has 1 N–H and O–H groups in total. The molecule has 1 nitrogen and oxygen atoms in total. The summed E-state index contributed by atoms with van der Waals surface area (Å²) in [6.07, 6.45) is 2.51. The molecule has 1 aromatic rings. The zero-order chi connectivity index (χ0) is 9.10. The lowest BCUT2D eigenvalue weighted by molar-refractivity contribution is 0.225. The number of nitrogens with one attached hydrogen (secondary N) is 1. The summed E-state index contributed by atoms with van der Waals surface area (Å²) < 4.78 is 13.8. The van der Waals surface area contributed by atoms with E-state index in [4.69, 9.17) is 0 Å². The second-order valence-electron chi connectivity index (χ2n) is 3.47. The Balaban J connectivity index is 1.99. The largest absolute Gasteiger partial charge is 0.311 e. The fourth-order valence-corrected chi connectivity index (χ4v) is 2.54. The van der Waals surface area contributed by atoms with Gasteiger partial charge in [0, 0.05) is 10.9 Å². The van der Waals surface area contributed by atoms with Crippen molar-refractivity contribution in [1.82, 2.24) is 5.32 Å². The quantitative estimate of drug-likeness (QED) is 0.772. The molecule has 2 atom stereocenters. The van der Waals surface area contributed by atoms with Crippen molar-refractivity contribution in [3.05, 3.63) is 22.4 Å². The lowest BCUT2D eigenvalue weighted by atomic mass is 10.00. The summed E-state index contributed by atoms with van der Waals surface area (Å²) in [5.74, 6) is 0. The van der Waals surface area contributed by atoms with E-state index in [1.54, 1.807) is 0 Å². The summed E-state index contributed by atoms with van der Waals surface area (Å²) in [7, 11) is 0. The summed E-state index contributed by atoms with van der Waals surface area (Å²) in [5, 5.41) is 5.17.